The lowest BCUT2D eigenvalue weighted by molar-refractivity contribution is -0.114. The summed E-state index contributed by atoms with van der Waals surface area (Å²) < 4.78 is 0. The van der Waals surface area contributed by atoms with Crippen LogP contribution in [0.5, 0.6) is 0 Å². The number of nitrogens with two attached hydrogens (primary N) is 1. The fourth-order valence-electron chi connectivity index (χ4n) is 2.94. The summed E-state index contributed by atoms with van der Waals surface area (Å²) in [7, 11) is 0. The molecule has 0 saturated heterocycles. The van der Waals surface area contributed by atoms with Crippen molar-refractivity contribution in [2.45, 2.75) is 45.6 Å². The third-order valence-corrected chi connectivity index (χ3v) is 4.11. The molecule has 2 unspecified atom stereocenters. The van der Waals surface area contributed by atoms with E-state index in [-0.39, 0.29) is 5.91 Å². The molecule has 1 aliphatic rings. The smallest absolute Gasteiger partial charge is 0.221 e. The quantitative estimate of drug-likeness (QED) is 0.791. The van der Waals surface area contributed by atoms with Crippen molar-refractivity contribution in [2.24, 2.45) is 11.7 Å². The Morgan fingerprint density at radius 1 is 1.35 bits per heavy atom. The molecule has 1 aliphatic carbocycles. The minimum Gasteiger partial charge on any atom is -0.382 e. The van der Waals surface area contributed by atoms with Crippen LogP contribution >= 0.6 is 0 Å². The maximum Gasteiger partial charge on any atom is 0.221 e. The Labute approximate surface area is 121 Å². The number of carbonyl (C=O) groups excluding carboxylic acids is 1. The summed E-state index contributed by atoms with van der Waals surface area (Å²) in [6.07, 6.45) is 4.92. The Morgan fingerprint density at radius 2 is 2.10 bits per heavy atom. The topological polar surface area (TPSA) is 67.2 Å². The lowest BCUT2D eigenvalue weighted by atomic mass is 9.84. The van der Waals surface area contributed by atoms with Gasteiger partial charge in [0.05, 0.1) is 0 Å². The zero-order valence-electron chi connectivity index (χ0n) is 12.4. The van der Waals surface area contributed by atoms with Gasteiger partial charge in [-0.15, -0.1) is 0 Å². The molecule has 0 spiro atoms. The number of benzene rings is 1. The van der Waals surface area contributed by atoms with E-state index < -0.39 is 0 Å². The average molecular weight is 275 g/mol. The van der Waals surface area contributed by atoms with Crippen molar-refractivity contribution >= 4 is 17.3 Å². The van der Waals surface area contributed by atoms with Gasteiger partial charge in [0.2, 0.25) is 5.91 Å². The molecule has 0 heterocycles. The molecule has 0 aliphatic heterocycles. The molecule has 20 heavy (non-hydrogen) atoms. The van der Waals surface area contributed by atoms with Crippen LogP contribution in [0, 0.1) is 12.8 Å². The molecule has 1 aromatic carbocycles. The van der Waals surface area contributed by atoms with Crippen molar-refractivity contribution in [1.82, 2.24) is 0 Å². The summed E-state index contributed by atoms with van der Waals surface area (Å²) in [6, 6.07) is 6.43. The standard InChI is InChI=1S/C16H25N3O/c1-11-7-8-14(18-12(2)20)9-16(11)19-15-6-4-3-5-13(15)10-17/h7-9,13,15,19H,3-6,10,17H2,1-2H3,(H,18,20). The van der Waals surface area contributed by atoms with E-state index in [0.717, 1.165) is 17.9 Å². The highest BCUT2D eigenvalue weighted by Crippen LogP contribution is 2.29. The van der Waals surface area contributed by atoms with Gasteiger partial charge in [0, 0.05) is 24.3 Å². The van der Waals surface area contributed by atoms with E-state index in [1.165, 1.54) is 38.2 Å². The number of nitrogens with one attached hydrogen (secondary N) is 2. The molecule has 1 amide bonds. The molecule has 1 fully saturated rings. The second kappa shape index (κ2) is 6.75. The van der Waals surface area contributed by atoms with E-state index in [1.54, 1.807) is 0 Å². The number of hydrogen-bond donors (Lipinski definition) is 3. The average Bonchev–Trinajstić information content (AvgIpc) is 2.42. The van der Waals surface area contributed by atoms with Gasteiger partial charge in [0.25, 0.3) is 0 Å². The molecule has 110 valence electrons. The summed E-state index contributed by atoms with van der Waals surface area (Å²) >= 11 is 0. The highest BCUT2D eigenvalue weighted by atomic mass is 16.1. The largest absolute Gasteiger partial charge is 0.382 e. The fourth-order valence-corrected chi connectivity index (χ4v) is 2.94. The second-order valence-electron chi connectivity index (χ2n) is 5.74. The first kappa shape index (κ1) is 14.9. The first-order valence-electron chi connectivity index (χ1n) is 7.45. The number of anilines is 2. The van der Waals surface area contributed by atoms with Gasteiger partial charge in [-0.3, -0.25) is 4.79 Å². The van der Waals surface area contributed by atoms with E-state index in [0.29, 0.717) is 12.0 Å². The molecule has 2 atom stereocenters. The van der Waals surface area contributed by atoms with Crippen molar-refractivity contribution in [3.63, 3.8) is 0 Å². The van der Waals surface area contributed by atoms with Gasteiger partial charge in [-0.1, -0.05) is 18.9 Å². The molecule has 0 bridgehead atoms. The van der Waals surface area contributed by atoms with Crippen LogP contribution in [-0.4, -0.2) is 18.5 Å². The van der Waals surface area contributed by atoms with Gasteiger partial charge < -0.3 is 16.4 Å². The summed E-state index contributed by atoms with van der Waals surface area (Å²) in [4.78, 5) is 11.1. The van der Waals surface area contributed by atoms with Crippen LogP contribution in [0.1, 0.15) is 38.2 Å². The van der Waals surface area contributed by atoms with Gasteiger partial charge in [0.1, 0.15) is 0 Å². The van der Waals surface area contributed by atoms with Crippen molar-refractivity contribution in [3.05, 3.63) is 23.8 Å². The Morgan fingerprint density at radius 3 is 2.80 bits per heavy atom. The van der Waals surface area contributed by atoms with Crippen LogP contribution in [-0.2, 0) is 4.79 Å². The summed E-state index contributed by atoms with van der Waals surface area (Å²) in [5, 5.41) is 6.46. The van der Waals surface area contributed by atoms with E-state index in [2.05, 4.69) is 17.6 Å². The minimum atomic E-state index is -0.0442. The van der Waals surface area contributed by atoms with Gasteiger partial charge >= 0.3 is 0 Å². The molecule has 0 aromatic heterocycles. The lowest BCUT2D eigenvalue weighted by Crippen LogP contribution is -2.36. The maximum absolute atomic E-state index is 11.1. The summed E-state index contributed by atoms with van der Waals surface area (Å²) in [5.74, 6) is 0.505. The van der Waals surface area contributed by atoms with Crippen LogP contribution in [0.3, 0.4) is 0 Å². The normalized spacial score (nSPS) is 22.4. The summed E-state index contributed by atoms with van der Waals surface area (Å²) in [6.45, 7) is 4.35. The molecule has 1 aromatic rings. The van der Waals surface area contributed by atoms with E-state index in [1.807, 2.05) is 18.2 Å². The zero-order valence-corrected chi connectivity index (χ0v) is 12.4. The highest BCUT2D eigenvalue weighted by molar-refractivity contribution is 5.89. The number of hydrogen-bond acceptors (Lipinski definition) is 3. The van der Waals surface area contributed by atoms with Crippen LogP contribution in [0.15, 0.2) is 18.2 Å². The molecule has 4 nitrogen and oxygen atoms in total. The summed E-state index contributed by atoms with van der Waals surface area (Å²) in [5.41, 5.74) is 9.02. The van der Waals surface area contributed by atoms with Gasteiger partial charge in [-0.2, -0.15) is 0 Å². The second-order valence-corrected chi connectivity index (χ2v) is 5.74. The SMILES string of the molecule is CC(=O)Nc1ccc(C)c(NC2CCCCC2CN)c1. The van der Waals surface area contributed by atoms with Crippen molar-refractivity contribution < 1.29 is 4.79 Å². The number of rotatable bonds is 4. The van der Waals surface area contributed by atoms with E-state index in [9.17, 15) is 4.79 Å². The molecule has 0 radical (unpaired) electrons. The Kier molecular flexibility index (Phi) is 5.01. The predicted molar refractivity (Wildman–Crippen MR) is 83.9 cm³/mol. The third kappa shape index (κ3) is 3.73. The van der Waals surface area contributed by atoms with Crippen LogP contribution < -0.4 is 16.4 Å². The molecular weight excluding hydrogens is 250 g/mol. The molecule has 1 saturated carbocycles. The third-order valence-electron chi connectivity index (χ3n) is 4.11. The zero-order chi connectivity index (χ0) is 14.5. The Balaban J connectivity index is 2.12. The monoisotopic (exact) mass is 275 g/mol. The molecule has 4 N–H and O–H groups in total. The maximum atomic E-state index is 11.1. The number of carbonyl (C=O) groups is 1. The van der Waals surface area contributed by atoms with E-state index >= 15 is 0 Å². The number of amides is 1. The molecule has 2 rings (SSSR count). The van der Waals surface area contributed by atoms with Crippen molar-refractivity contribution in [1.29, 1.82) is 0 Å². The van der Waals surface area contributed by atoms with Crippen LogP contribution in [0.4, 0.5) is 11.4 Å². The van der Waals surface area contributed by atoms with Gasteiger partial charge in [-0.05, 0) is 49.9 Å². The first-order valence-corrected chi connectivity index (χ1v) is 7.45. The Hall–Kier alpha value is -1.55. The van der Waals surface area contributed by atoms with Gasteiger partial charge in [-0.25, -0.2) is 0 Å². The fraction of sp³-hybridized carbons (Fsp3) is 0.562. The van der Waals surface area contributed by atoms with Crippen molar-refractivity contribution in [3.8, 4) is 0 Å². The number of aryl methyl sites for hydroxylation is 1. The van der Waals surface area contributed by atoms with Crippen molar-refractivity contribution in [2.75, 3.05) is 17.2 Å². The molecular formula is C16H25N3O. The molecule has 4 heteroatoms. The predicted octanol–water partition coefficient (Wildman–Crippen LogP) is 2.88. The first-order chi connectivity index (χ1) is 9.60. The van der Waals surface area contributed by atoms with Crippen LogP contribution in [0.25, 0.3) is 0 Å². The Bertz CT molecular complexity index is 473. The highest BCUT2D eigenvalue weighted by Gasteiger charge is 2.24. The van der Waals surface area contributed by atoms with Gasteiger partial charge in [0.15, 0.2) is 0 Å². The van der Waals surface area contributed by atoms with Crippen LogP contribution in [0.2, 0.25) is 0 Å². The van der Waals surface area contributed by atoms with E-state index in [4.69, 9.17) is 5.73 Å². The lowest BCUT2D eigenvalue weighted by Gasteiger charge is -2.32. The minimum absolute atomic E-state index is 0.0442.